The fraction of sp³-hybridized carbons (Fsp3) is 0.286. The van der Waals surface area contributed by atoms with E-state index in [9.17, 15) is 0 Å². The van der Waals surface area contributed by atoms with Gasteiger partial charge in [0, 0.05) is 5.75 Å². The zero-order valence-corrected chi connectivity index (χ0v) is 13.0. The molecule has 0 saturated carbocycles. The summed E-state index contributed by atoms with van der Waals surface area (Å²) in [5.74, 6) is 1.40. The van der Waals surface area contributed by atoms with Crippen molar-refractivity contribution in [1.29, 1.82) is 0 Å². The first kappa shape index (κ1) is 13.5. The Balaban J connectivity index is 2.02. The number of aromatic amines is 1. The van der Waals surface area contributed by atoms with Gasteiger partial charge in [-0.3, -0.25) is 5.10 Å². The number of anilines is 1. The van der Waals surface area contributed by atoms with Crippen LogP contribution in [-0.2, 0) is 5.75 Å². The quantitative estimate of drug-likeness (QED) is 0.767. The number of aromatic nitrogens is 3. The van der Waals surface area contributed by atoms with Crippen LogP contribution < -0.4 is 5.73 Å². The molecule has 0 aliphatic carbocycles. The number of benzene rings is 1. The minimum atomic E-state index is 0.531. The Bertz CT molecular complexity index is 697. The second kappa shape index (κ2) is 5.46. The normalized spacial score (nSPS) is 11.6. The van der Waals surface area contributed by atoms with Crippen molar-refractivity contribution < 1.29 is 0 Å². The molecule has 0 radical (unpaired) electrons. The standard InChI is InChI=1S/C14H16N4S2/c1-8(2)19-7-10-12(13(15)18-17-10)14-16-9-5-3-4-6-11(9)20-14/h3-6,8H,7H2,1-2H3,(H3,15,17,18). The minimum Gasteiger partial charge on any atom is -0.382 e. The van der Waals surface area contributed by atoms with Gasteiger partial charge in [-0.2, -0.15) is 16.9 Å². The highest BCUT2D eigenvalue weighted by atomic mass is 32.2. The van der Waals surface area contributed by atoms with Crippen molar-refractivity contribution in [3.05, 3.63) is 30.0 Å². The second-order valence-corrected chi connectivity index (χ2v) is 7.40. The molecule has 0 saturated heterocycles. The van der Waals surface area contributed by atoms with Crippen LogP contribution in [0.2, 0.25) is 0 Å². The van der Waals surface area contributed by atoms with Crippen LogP contribution in [-0.4, -0.2) is 20.4 Å². The third kappa shape index (κ3) is 2.53. The van der Waals surface area contributed by atoms with Crippen molar-refractivity contribution in [2.24, 2.45) is 0 Å². The van der Waals surface area contributed by atoms with E-state index < -0.39 is 0 Å². The number of para-hydroxylation sites is 1. The van der Waals surface area contributed by atoms with E-state index in [1.165, 1.54) is 4.70 Å². The highest BCUT2D eigenvalue weighted by Gasteiger charge is 2.17. The molecule has 104 valence electrons. The molecule has 0 bridgehead atoms. The maximum Gasteiger partial charge on any atom is 0.155 e. The van der Waals surface area contributed by atoms with Gasteiger partial charge in [-0.05, 0) is 17.4 Å². The van der Waals surface area contributed by atoms with Gasteiger partial charge in [-0.25, -0.2) is 4.98 Å². The number of nitrogen functional groups attached to an aromatic ring is 1. The van der Waals surface area contributed by atoms with Crippen LogP contribution in [0.4, 0.5) is 5.82 Å². The van der Waals surface area contributed by atoms with Crippen molar-refractivity contribution in [3.63, 3.8) is 0 Å². The number of rotatable bonds is 4. The minimum absolute atomic E-state index is 0.531. The maximum atomic E-state index is 6.02. The van der Waals surface area contributed by atoms with Gasteiger partial charge in [0.25, 0.3) is 0 Å². The molecule has 6 heteroatoms. The van der Waals surface area contributed by atoms with E-state index >= 15 is 0 Å². The molecule has 0 aliphatic heterocycles. The lowest BCUT2D eigenvalue weighted by Gasteiger charge is -2.04. The van der Waals surface area contributed by atoms with Crippen LogP contribution in [0.25, 0.3) is 20.8 Å². The smallest absolute Gasteiger partial charge is 0.155 e. The summed E-state index contributed by atoms with van der Waals surface area (Å²) in [6.45, 7) is 4.36. The molecule has 3 rings (SSSR count). The molecule has 1 aromatic carbocycles. The van der Waals surface area contributed by atoms with Gasteiger partial charge in [-0.1, -0.05) is 26.0 Å². The van der Waals surface area contributed by atoms with Crippen molar-refractivity contribution in [3.8, 4) is 10.6 Å². The number of hydrogen-bond donors (Lipinski definition) is 2. The molecule has 2 heterocycles. The number of nitrogens with one attached hydrogen (secondary N) is 1. The number of thiazole rings is 1. The zero-order chi connectivity index (χ0) is 14.1. The van der Waals surface area contributed by atoms with Crippen molar-refractivity contribution in [2.75, 3.05) is 5.73 Å². The van der Waals surface area contributed by atoms with Crippen LogP contribution in [0.1, 0.15) is 19.5 Å². The highest BCUT2D eigenvalue weighted by Crippen LogP contribution is 2.36. The summed E-state index contributed by atoms with van der Waals surface area (Å²) in [4.78, 5) is 4.67. The van der Waals surface area contributed by atoms with Gasteiger partial charge < -0.3 is 5.73 Å². The Morgan fingerprint density at radius 3 is 2.90 bits per heavy atom. The summed E-state index contributed by atoms with van der Waals surface area (Å²) in [5, 5.41) is 8.70. The molecule has 3 N–H and O–H groups in total. The summed E-state index contributed by atoms with van der Waals surface area (Å²) in [6, 6.07) is 8.13. The fourth-order valence-electron chi connectivity index (χ4n) is 1.97. The number of nitrogens with two attached hydrogens (primary N) is 1. The molecule has 20 heavy (non-hydrogen) atoms. The van der Waals surface area contributed by atoms with E-state index in [2.05, 4.69) is 35.1 Å². The Kier molecular flexibility index (Phi) is 3.67. The summed E-state index contributed by atoms with van der Waals surface area (Å²) in [5.41, 5.74) is 9.04. The Morgan fingerprint density at radius 2 is 2.15 bits per heavy atom. The molecular formula is C14H16N4S2. The second-order valence-electron chi connectivity index (χ2n) is 4.81. The lowest BCUT2D eigenvalue weighted by Crippen LogP contribution is -1.92. The predicted molar refractivity (Wildman–Crippen MR) is 88.0 cm³/mol. The monoisotopic (exact) mass is 304 g/mol. The lowest BCUT2D eigenvalue weighted by atomic mass is 10.2. The Labute approximate surface area is 125 Å². The van der Waals surface area contributed by atoms with Crippen LogP contribution in [0.15, 0.2) is 24.3 Å². The first-order chi connectivity index (χ1) is 9.65. The summed E-state index contributed by atoms with van der Waals surface area (Å²) in [7, 11) is 0. The number of thioether (sulfide) groups is 1. The number of H-pyrrole nitrogens is 1. The molecule has 0 atom stereocenters. The lowest BCUT2D eigenvalue weighted by molar-refractivity contribution is 1.03. The molecule has 0 fully saturated rings. The number of nitrogens with zero attached hydrogens (tertiary/aromatic N) is 2. The van der Waals surface area contributed by atoms with Gasteiger partial charge in [-0.15, -0.1) is 11.3 Å². The molecule has 2 aromatic heterocycles. The number of hydrogen-bond acceptors (Lipinski definition) is 5. The largest absolute Gasteiger partial charge is 0.382 e. The van der Waals surface area contributed by atoms with Crippen LogP contribution >= 0.6 is 23.1 Å². The molecule has 0 spiro atoms. The van der Waals surface area contributed by atoms with Crippen LogP contribution in [0, 0.1) is 0 Å². The van der Waals surface area contributed by atoms with Crippen molar-refractivity contribution in [1.82, 2.24) is 15.2 Å². The van der Waals surface area contributed by atoms with E-state index in [4.69, 9.17) is 5.73 Å². The zero-order valence-electron chi connectivity index (χ0n) is 11.4. The van der Waals surface area contributed by atoms with Gasteiger partial charge in [0.2, 0.25) is 0 Å². The van der Waals surface area contributed by atoms with Crippen molar-refractivity contribution >= 4 is 39.1 Å². The van der Waals surface area contributed by atoms with Crippen LogP contribution in [0.3, 0.4) is 0 Å². The summed E-state index contributed by atoms with van der Waals surface area (Å²) < 4.78 is 1.17. The SMILES string of the molecule is CC(C)SCc1[nH]nc(N)c1-c1nc2ccccc2s1. The summed E-state index contributed by atoms with van der Waals surface area (Å²) in [6.07, 6.45) is 0. The third-order valence-electron chi connectivity index (χ3n) is 2.94. The Hall–Kier alpha value is -1.53. The van der Waals surface area contributed by atoms with Gasteiger partial charge in [0.1, 0.15) is 5.01 Å². The molecule has 0 unspecified atom stereocenters. The molecule has 0 amide bonds. The van der Waals surface area contributed by atoms with Crippen LogP contribution in [0.5, 0.6) is 0 Å². The molecular weight excluding hydrogens is 288 g/mol. The van der Waals surface area contributed by atoms with E-state index in [-0.39, 0.29) is 0 Å². The van der Waals surface area contributed by atoms with E-state index in [0.717, 1.165) is 27.5 Å². The Morgan fingerprint density at radius 1 is 1.35 bits per heavy atom. The van der Waals surface area contributed by atoms with Gasteiger partial charge in [0.05, 0.1) is 21.5 Å². The van der Waals surface area contributed by atoms with Gasteiger partial charge in [0.15, 0.2) is 5.82 Å². The predicted octanol–water partition coefficient (Wildman–Crippen LogP) is 3.91. The topological polar surface area (TPSA) is 67.6 Å². The van der Waals surface area contributed by atoms with Crippen molar-refractivity contribution in [2.45, 2.75) is 24.9 Å². The van der Waals surface area contributed by atoms with E-state index in [1.807, 2.05) is 30.0 Å². The van der Waals surface area contributed by atoms with E-state index in [0.29, 0.717) is 11.1 Å². The van der Waals surface area contributed by atoms with E-state index in [1.54, 1.807) is 11.3 Å². The third-order valence-corrected chi connectivity index (χ3v) is 5.11. The average Bonchev–Trinajstić information content (AvgIpc) is 2.99. The molecule has 0 aliphatic rings. The first-order valence-electron chi connectivity index (χ1n) is 6.45. The molecule has 3 aromatic rings. The molecule has 4 nitrogen and oxygen atoms in total. The maximum absolute atomic E-state index is 6.02. The first-order valence-corrected chi connectivity index (χ1v) is 8.32. The highest BCUT2D eigenvalue weighted by molar-refractivity contribution is 7.99. The summed E-state index contributed by atoms with van der Waals surface area (Å²) >= 11 is 3.52. The number of fused-ring (bicyclic) bond motifs is 1. The fourth-order valence-corrected chi connectivity index (χ4v) is 3.72. The average molecular weight is 304 g/mol. The van der Waals surface area contributed by atoms with Gasteiger partial charge >= 0.3 is 0 Å².